The van der Waals surface area contributed by atoms with Crippen molar-refractivity contribution in [3.05, 3.63) is 16.4 Å². The summed E-state index contributed by atoms with van der Waals surface area (Å²) in [5.74, 6) is 0. The molecule has 0 aliphatic heterocycles. The van der Waals surface area contributed by atoms with Gasteiger partial charge in [0.15, 0.2) is 0 Å². The fourth-order valence-corrected chi connectivity index (χ4v) is 3.10. The standard InChI is InChI=1S/C14H24ClN3/c1-3-12-14(15)13(18(2)17-12)10-16-11-8-6-4-5-7-9-11/h11,16H,3-10H2,1-2H3. The summed E-state index contributed by atoms with van der Waals surface area (Å²) in [5, 5.41) is 8.96. The molecule has 0 spiro atoms. The molecule has 3 nitrogen and oxygen atoms in total. The Balaban J connectivity index is 1.94. The summed E-state index contributed by atoms with van der Waals surface area (Å²) in [5.41, 5.74) is 2.13. The van der Waals surface area contributed by atoms with Gasteiger partial charge >= 0.3 is 0 Å². The number of nitrogens with one attached hydrogen (secondary N) is 1. The van der Waals surface area contributed by atoms with Crippen molar-refractivity contribution in [2.75, 3.05) is 0 Å². The van der Waals surface area contributed by atoms with Crippen LogP contribution < -0.4 is 5.32 Å². The minimum absolute atomic E-state index is 0.656. The van der Waals surface area contributed by atoms with Crippen molar-refractivity contribution in [1.29, 1.82) is 0 Å². The zero-order valence-electron chi connectivity index (χ0n) is 11.5. The SMILES string of the molecule is CCc1nn(C)c(CNC2CCCCCC2)c1Cl. The summed E-state index contributed by atoms with van der Waals surface area (Å²) in [6.45, 7) is 2.93. The zero-order valence-corrected chi connectivity index (χ0v) is 12.3. The van der Waals surface area contributed by atoms with E-state index in [1.165, 1.54) is 38.5 Å². The molecule has 0 aromatic carbocycles. The second-order valence-electron chi connectivity index (χ2n) is 5.25. The predicted molar refractivity (Wildman–Crippen MR) is 75.9 cm³/mol. The lowest BCUT2D eigenvalue weighted by Crippen LogP contribution is -2.28. The van der Waals surface area contributed by atoms with E-state index < -0.39 is 0 Å². The molecule has 1 fully saturated rings. The molecule has 1 saturated carbocycles. The summed E-state index contributed by atoms with van der Waals surface area (Å²) in [6, 6.07) is 0.656. The molecule has 1 heterocycles. The Morgan fingerprint density at radius 2 is 1.94 bits per heavy atom. The molecule has 102 valence electrons. The molecule has 0 unspecified atom stereocenters. The van der Waals surface area contributed by atoms with E-state index in [0.717, 1.165) is 29.4 Å². The Morgan fingerprint density at radius 1 is 1.28 bits per heavy atom. The maximum Gasteiger partial charge on any atom is 0.0863 e. The van der Waals surface area contributed by atoms with Crippen LogP contribution in [0.3, 0.4) is 0 Å². The lowest BCUT2D eigenvalue weighted by atomic mass is 10.1. The minimum atomic E-state index is 0.656. The van der Waals surface area contributed by atoms with E-state index in [9.17, 15) is 0 Å². The third-order valence-electron chi connectivity index (χ3n) is 3.92. The molecular formula is C14H24ClN3. The molecular weight excluding hydrogens is 246 g/mol. The fourth-order valence-electron chi connectivity index (χ4n) is 2.74. The van der Waals surface area contributed by atoms with Crippen molar-refractivity contribution in [2.24, 2.45) is 7.05 Å². The molecule has 0 bridgehead atoms. The first-order valence-electron chi connectivity index (χ1n) is 7.16. The van der Waals surface area contributed by atoms with Crippen LogP contribution in [0.5, 0.6) is 0 Å². The third kappa shape index (κ3) is 3.27. The van der Waals surface area contributed by atoms with Gasteiger partial charge in [-0.05, 0) is 19.3 Å². The first-order valence-corrected chi connectivity index (χ1v) is 7.53. The monoisotopic (exact) mass is 269 g/mol. The Morgan fingerprint density at radius 3 is 2.50 bits per heavy atom. The largest absolute Gasteiger partial charge is 0.308 e. The molecule has 4 heteroatoms. The Kier molecular flexibility index (Phi) is 5.07. The van der Waals surface area contributed by atoms with Crippen molar-refractivity contribution in [3.8, 4) is 0 Å². The van der Waals surface area contributed by atoms with Crippen LogP contribution >= 0.6 is 11.6 Å². The fraction of sp³-hybridized carbons (Fsp3) is 0.786. The number of aromatic nitrogens is 2. The van der Waals surface area contributed by atoms with Gasteiger partial charge in [0.05, 0.1) is 16.4 Å². The van der Waals surface area contributed by atoms with Crippen molar-refractivity contribution >= 4 is 11.6 Å². The first-order chi connectivity index (χ1) is 8.72. The lowest BCUT2D eigenvalue weighted by Gasteiger charge is -2.16. The molecule has 0 amide bonds. The average Bonchev–Trinajstić information content (AvgIpc) is 2.58. The van der Waals surface area contributed by atoms with Gasteiger partial charge in [-0.3, -0.25) is 4.68 Å². The molecule has 2 rings (SSSR count). The lowest BCUT2D eigenvalue weighted by molar-refractivity contribution is 0.450. The summed E-state index contributed by atoms with van der Waals surface area (Å²) >= 11 is 6.36. The van der Waals surface area contributed by atoms with Crippen molar-refractivity contribution < 1.29 is 0 Å². The number of hydrogen-bond acceptors (Lipinski definition) is 2. The normalized spacial score (nSPS) is 17.9. The van der Waals surface area contributed by atoms with Gasteiger partial charge in [-0.25, -0.2) is 0 Å². The molecule has 1 aromatic rings. The van der Waals surface area contributed by atoms with Crippen LogP contribution in [0, 0.1) is 0 Å². The second-order valence-corrected chi connectivity index (χ2v) is 5.63. The van der Waals surface area contributed by atoms with E-state index in [2.05, 4.69) is 17.3 Å². The molecule has 18 heavy (non-hydrogen) atoms. The van der Waals surface area contributed by atoms with Crippen molar-refractivity contribution in [1.82, 2.24) is 15.1 Å². The van der Waals surface area contributed by atoms with E-state index in [4.69, 9.17) is 11.6 Å². The summed E-state index contributed by atoms with van der Waals surface area (Å²) in [4.78, 5) is 0. The molecule has 1 aliphatic carbocycles. The van der Waals surface area contributed by atoms with Gasteiger partial charge in [0.25, 0.3) is 0 Å². The van der Waals surface area contributed by atoms with Crippen LogP contribution in [0.4, 0.5) is 0 Å². The van der Waals surface area contributed by atoms with E-state index >= 15 is 0 Å². The van der Waals surface area contributed by atoms with Crippen LogP contribution in [0.1, 0.15) is 56.8 Å². The topological polar surface area (TPSA) is 29.9 Å². The Bertz CT molecular complexity index is 379. The van der Waals surface area contributed by atoms with Crippen LogP contribution in [-0.2, 0) is 20.0 Å². The van der Waals surface area contributed by atoms with Crippen LogP contribution in [-0.4, -0.2) is 15.8 Å². The van der Waals surface area contributed by atoms with Gasteiger partial charge < -0.3 is 5.32 Å². The van der Waals surface area contributed by atoms with Gasteiger partial charge in [-0.2, -0.15) is 5.10 Å². The number of aryl methyl sites for hydroxylation is 2. The van der Waals surface area contributed by atoms with Gasteiger partial charge in [-0.1, -0.05) is 44.2 Å². The number of nitrogens with zero attached hydrogens (tertiary/aromatic N) is 2. The van der Waals surface area contributed by atoms with Gasteiger partial charge in [-0.15, -0.1) is 0 Å². The van der Waals surface area contributed by atoms with E-state index in [0.29, 0.717) is 6.04 Å². The Hall–Kier alpha value is -0.540. The third-order valence-corrected chi connectivity index (χ3v) is 4.35. The number of rotatable bonds is 4. The predicted octanol–water partition coefficient (Wildman–Crippen LogP) is 3.45. The van der Waals surface area contributed by atoms with E-state index in [1.54, 1.807) is 0 Å². The van der Waals surface area contributed by atoms with Crippen LogP contribution in [0.2, 0.25) is 5.02 Å². The van der Waals surface area contributed by atoms with Gasteiger partial charge in [0.2, 0.25) is 0 Å². The molecule has 0 radical (unpaired) electrons. The summed E-state index contributed by atoms with van der Waals surface area (Å²) in [7, 11) is 1.98. The highest BCUT2D eigenvalue weighted by molar-refractivity contribution is 6.31. The highest BCUT2D eigenvalue weighted by atomic mass is 35.5. The molecule has 0 saturated heterocycles. The first kappa shape index (κ1) is 13.9. The van der Waals surface area contributed by atoms with Gasteiger partial charge in [0.1, 0.15) is 0 Å². The number of halogens is 1. The minimum Gasteiger partial charge on any atom is -0.308 e. The quantitative estimate of drug-likeness (QED) is 0.849. The summed E-state index contributed by atoms with van der Waals surface area (Å²) < 4.78 is 1.92. The zero-order chi connectivity index (χ0) is 13.0. The van der Waals surface area contributed by atoms with E-state index in [-0.39, 0.29) is 0 Å². The van der Waals surface area contributed by atoms with Crippen molar-refractivity contribution in [2.45, 2.75) is 64.5 Å². The maximum atomic E-state index is 6.36. The smallest absolute Gasteiger partial charge is 0.0863 e. The molecule has 1 aromatic heterocycles. The van der Waals surface area contributed by atoms with Crippen LogP contribution in [0.15, 0.2) is 0 Å². The maximum absolute atomic E-state index is 6.36. The molecule has 1 aliphatic rings. The second kappa shape index (κ2) is 6.58. The molecule has 1 N–H and O–H groups in total. The van der Waals surface area contributed by atoms with Crippen molar-refractivity contribution in [3.63, 3.8) is 0 Å². The van der Waals surface area contributed by atoms with Gasteiger partial charge in [0, 0.05) is 19.6 Å². The Labute approximate surface area is 115 Å². The van der Waals surface area contributed by atoms with E-state index in [1.807, 2.05) is 11.7 Å². The van der Waals surface area contributed by atoms with Crippen LogP contribution in [0.25, 0.3) is 0 Å². The number of hydrogen-bond donors (Lipinski definition) is 1. The average molecular weight is 270 g/mol. The highest BCUT2D eigenvalue weighted by Crippen LogP contribution is 2.22. The molecule has 0 atom stereocenters. The summed E-state index contributed by atoms with van der Waals surface area (Å²) in [6.07, 6.45) is 9.01. The highest BCUT2D eigenvalue weighted by Gasteiger charge is 2.16.